The number of benzene rings is 2. The summed E-state index contributed by atoms with van der Waals surface area (Å²) in [4.78, 5) is 19.0. The monoisotopic (exact) mass is 384 g/mol. The van der Waals surface area contributed by atoms with Crippen molar-refractivity contribution in [1.82, 2.24) is 9.97 Å². The molecule has 1 amide bonds. The zero-order valence-electron chi connectivity index (χ0n) is 12.0. The highest BCUT2D eigenvalue weighted by atomic mass is 79.9. The van der Waals surface area contributed by atoms with Gasteiger partial charge in [0.1, 0.15) is 5.52 Å². The molecule has 0 saturated carbocycles. The lowest BCUT2D eigenvalue weighted by Crippen LogP contribution is -1.93. The Labute approximate surface area is 143 Å². The first kappa shape index (κ1) is 14.6. The molecule has 2 aromatic heterocycles. The van der Waals surface area contributed by atoms with Crippen molar-refractivity contribution in [1.29, 1.82) is 0 Å². The molecule has 0 bridgehead atoms. The van der Waals surface area contributed by atoms with Crippen molar-refractivity contribution in [2.45, 2.75) is 0 Å². The molecule has 0 fully saturated rings. The van der Waals surface area contributed by atoms with E-state index < -0.39 is 5.91 Å². The molecule has 4 aromatic rings. The van der Waals surface area contributed by atoms with Gasteiger partial charge in [0, 0.05) is 15.4 Å². The topological polar surface area (TPSA) is 104 Å². The van der Waals surface area contributed by atoms with Gasteiger partial charge >= 0.3 is 0 Å². The minimum absolute atomic E-state index is 0.147. The van der Waals surface area contributed by atoms with Crippen molar-refractivity contribution in [2.75, 3.05) is 0 Å². The van der Waals surface area contributed by atoms with Gasteiger partial charge in [-0.2, -0.15) is 0 Å². The van der Waals surface area contributed by atoms with Crippen molar-refractivity contribution in [3.8, 4) is 5.88 Å². The minimum atomic E-state index is -0.538. The number of halogens is 1. The molecule has 0 atom stereocenters. The quantitative estimate of drug-likeness (QED) is 0.488. The molecule has 0 aliphatic heterocycles. The van der Waals surface area contributed by atoms with E-state index in [2.05, 4.69) is 36.1 Å². The lowest BCUT2D eigenvalue weighted by atomic mass is 10.2. The fourth-order valence-electron chi connectivity index (χ4n) is 2.38. The Balaban J connectivity index is 1.70. The maximum Gasteiger partial charge on any atom is 0.295 e. The van der Waals surface area contributed by atoms with Crippen LogP contribution in [0, 0.1) is 0 Å². The van der Waals surface area contributed by atoms with Crippen LogP contribution < -0.4 is 0 Å². The van der Waals surface area contributed by atoms with Crippen LogP contribution in [0.3, 0.4) is 0 Å². The van der Waals surface area contributed by atoms with Crippen molar-refractivity contribution in [2.24, 2.45) is 10.2 Å². The first-order valence-electron chi connectivity index (χ1n) is 6.91. The second kappa shape index (κ2) is 5.57. The summed E-state index contributed by atoms with van der Waals surface area (Å²) in [6, 6.07) is 10.2. The van der Waals surface area contributed by atoms with Gasteiger partial charge in [0.05, 0.1) is 5.52 Å². The lowest BCUT2D eigenvalue weighted by molar-refractivity contribution is 0.0995. The largest absolute Gasteiger partial charge is 0.493 e. The molecule has 7 nitrogen and oxygen atoms in total. The third kappa shape index (κ3) is 2.46. The van der Waals surface area contributed by atoms with E-state index in [9.17, 15) is 9.90 Å². The number of hydrogen-bond acceptors (Lipinski definition) is 5. The van der Waals surface area contributed by atoms with Gasteiger partial charge in [-0.05, 0) is 36.4 Å². The molecule has 0 radical (unpaired) electrons. The maximum atomic E-state index is 12.2. The van der Waals surface area contributed by atoms with Gasteiger partial charge < -0.3 is 14.5 Å². The zero-order chi connectivity index (χ0) is 16.7. The molecule has 2 aromatic carbocycles. The average molecular weight is 385 g/mol. The normalized spacial score (nSPS) is 11.7. The number of oxazole rings is 1. The summed E-state index contributed by atoms with van der Waals surface area (Å²) in [6.07, 6.45) is 1.31. The number of aromatic nitrogens is 2. The molecule has 0 aliphatic rings. The van der Waals surface area contributed by atoms with E-state index >= 15 is 0 Å². The molecule has 2 N–H and O–H groups in total. The summed E-state index contributed by atoms with van der Waals surface area (Å²) in [6.45, 7) is 0. The van der Waals surface area contributed by atoms with E-state index in [4.69, 9.17) is 4.42 Å². The highest BCUT2D eigenvalue weighted by Gasteiger charge is 2.12. The van der Waals surface area contributed by atoms with Crippen LogP contribution in [-0.2, 0) is 0 Å². The van der Waals surface area contributed by atoms with E-state index in [1.807, 2.05) is 6.07 Å². The van der Waals surface area contributed by atoms with Crippen molar-refractivity contribution in [3.63, 3.8) is 0 Å². The second-order valence-electron chi connectivity index (χ2n) is 5.05. The van der Waals surface area contributed by atoms with Crippen LogP contribution in [-0.4, -0.2) is 21.0 Å². The molecule has 0 spiro atoms. The highest BCUT2D eigenvalue weighted by Crippen LogP contribution is 2.36. The van der Waals surface area contributed by atoms with Gasteiger partial charge in [-0.1, -0.05) is 15.9 Å². The van der Waals surface area contributed by atoms with Crippen molar-refractivity contribution >= 4 is 49.5 Å². The molecule has 0 aliphatic carbocycles. The van der Waals surface area contributed by atoms with Crippen LogP contribution in [0.25, 0.3) is 22.0 Å². The van der Waals surface area contributed by atoms with Crippen LogP contribution >= 0.6 is 15.9 Å². The Morgan fingerprint density at radius 2 is 2.12 bits per heavy atom. The van der Waals surface area contributed by atoms with E-state index in [0.717, 1.165) is 4.47 Å². The summed E-state index contributed by atoms with van der Waals surface area (Å²) in [5, 5.41) is 18.2. The highest BCUT2D eigenvalue weighted by molar-refractivity contribution is 9.10. The number of azo groups is 1. The number of fused-ring (bicyclic) bond motifs is 2. The van der Waals surface area contributed by atoms with Gasteiger partial charge in [-0.15, -0.1) is 10.2 Å². The second-order valence-corrected chi connectivity index (χ2v) is 5.97. The number of hydrogen-bond donors (Lipinski definition) is 2. The van der Waals surface area contributed by atoms with Crippen LogP contribution in [0.1, 0.15) is 10.4 Å². The van der Waals surface area contributed by atoms with E-state index in [-0.39, 0.29) is 11.6 Å². The molecular formula is C16H9BrN4O3. The van der Waals surface area contributed by atoms with Crippen molar-refractivity contribution < 1.29 is 14.3 Å². The number of amides is 1. The van der Waals surface area contributed by atoms with Gasteiger partial charge in [-0.3, -0.25) is 4.79 Å². The number of nitrogens with zero attached hydrogens (tertiary/aromatic N) is 3. The fraction of sp³-hybridized carbons (Fsp3) is 0. The molecule has 4 rings (SSSR count). The van der Waals surface area contributed by atoms with E-state index in [1.54, 1.807) is 30.3 Å². The molecule has 118 valence electrons. The number of aromatic amines is 1. The number of carbonyl (C=O) groups excluding carboxylic acids is 1. The smallest absolute Gasteiger partial charge is 0.295 e. The first-order chi connectivity index (χ1) is 11.6. The Bertz CT molecular complexity index is 1110. The standard InChI is InChI=1S/C16H9BrN4O3/c17-9-2-3-11-10(6-9)14(16(23)19-11)20-21-15(22)8-1-4-13-12(5-8)18-7-24-13/h1-7,19,23H. The molecule has 0 saturated heterocycles. The molecule has 0 unspecified atom stereocenters. The predicted molar refractivity (Wildman–Crippen MR) is 90.5 cm³/mol. The van der Waals surface area contributed by atoms with Crippen LogP contribution in [0.4, 0.5) is 5.69 Å². The Morgan fingerprint density at radius 1 is 1.25 bits per heavy atom. The average Bonchev–Trinajstić information content (AvgIpc) is 3.15. The van der Waals surface area contributed by atoms with Crippen molar-refractivity contribution in [3.05, 3.63) is 52.8 Å². The SMILES string of the molecule is O=C(N=Nc1c(O)[nH]c2ccc(Br)cc12)c1ccc2ocnc2c1. The van der Waals surface area contributed by atoms with Gasteiger partial charge in [0.2, 0.25) is 5.88 Å². The molecule has 8 heteroatoms. The summed E-state index contributed by atoms with van der Waals surface area (Å²) in [7, 11) is 0. The maximum absolute atomic E-state index is 12.2. The van der Waals surface area contributed by atoms with E-state index in [1.165, 1.54) is 6.39 Å². The number of nitrogens with one attached hydrogen (secondary N) is 1. The zero-order valence-corrected chi connectivity index (χ0v) is 13.6. The number of H-pyrrole nitrogens is 1. The first-order valence-corrected chi connectivity index (χ1v) is 7.70. The summed E-state index contributed by atoms with van der Waals surface area (Å²) < 4.78 is 5.96. The Morgan fingerprint density at radius 3 is 3.00 bits per heavy atom. The number of aromatic hydroxyl groups is 1. The lowest BCUT2D eigenvalue weighted by Gasteiger charge is -1.95. The minimum Gasteiger partial charge on any atom is -0.493 e. The van der Waals surface area contributed by atoms with Crippen LogP contribution in [0.2, 0.25) is 0 Å². The summed E-state index contributed by atoms with van der Waals surface area (Å²) in [5.41, 5.74) is 2.39. The fourth-order valence-corrected chi connectivity index (χ4v) is 2.74. The van der Waals surface area contributed by atoms with Crippen LogP contribution in [0.15, 0.2) is 61.9 Å². The third-order valence-corrected chi connectivity index (χ3v) is 4.03. The predicted octanol–water partition coefficient (Wildman–Crippen LogP) is 4.70. The van der Waals surface area contributed by atoms with Crippen LogP contribution in [0.5, 0.6) is 5.88 Å². The van der Waals surface area contributed by atoms with Gasteiger partial charge in [-0.25, -0.2) is 4.98 Å². The summed E-state index contributed by atoms with van der Waals surface area (Å²) in [5.74, 6) is -0.685. The van der Waals surface area contributed by atoms with E-state index in [0.29, 0.717) is 27.6 Å². The third-order valence-electron chi connectivity index (χ3n) is 3.53. The van der Waals surface area contributed by atoms with Gasteiger partial charge in [0.15, 0.2) is 17.7 Å². The number of carbonyl (C=O) groups is 1. The molecule has 24 heavy (non-hydrogen) atoms. The Hall–Kier alpha value is -3.00. The Kier molecular flexibility index (Phi) is 3.39. The number of rotatable bonds is 2. The van der Waals surface area contributed by atoms with Gasteiger partial charge in [0.25, 0.3) is 5.91 Å². The summed E-state index contributed by atoms with van der Waals surface area (Å²) >= 11 is 3.36. The molecule has 2 heterocycles. The molecular weight excluding hydrogens is 376 g/mol.